The molecule has 6 nitrogen and oxygen atoms in total. The van der Waals surface area contributed by atoms with Crippen molar-refractivity contribution in [1.82, 2.24) is 4.72 Å². The van der Waals surface area contributed by atoms with Crippen LogP contribution in [0.3, 0.4) is 0 Å². The molecule has 0 saturated heterocycles. The lowest BCUT2D eigenvalue weighted by molar-refractivity contribution is -0.143. The molecule has 0 aromatic heterocycles. The number of benzene rings is 4. The van der Waals surface area contributed by atoms with Gasteiger partial charge in [0.2, 0.25) is 10.0 Å². The summed E-state index contributed by atoms with van der Waals surface area (Å²) in [6.45, 7) is 3.97. The van der Waals surface area contributed by atoms with E-state index < -0.39 is 22.0 Å². The summed E-state index contributed by atoms with van der Waals surface area (Å²) in [5, 5.41) is 2.35. The Morgan fingerprint density at radius 2 is 1.44 bits per heavy atom. The Labute approximate surface area is 211 Å². The van der Waals surface area contributed by atoms with Gasteiger partial charge in [-0.3, -0.25) is 4.79 Å². The van der Waals surface area contributed by atoms with Crippen molar-refractivity contribution in [1.29, 1.82) is 0 Å². The zero-order chi connectivity index (χ0) is 25.7. The third kappa shape index (κ3) is 5.75. The Morgan fingerprint density at radius 1 is 0.833 bits per heavy atom. The summed E-state index contributed by atoms with van der Waals surface area (Å²) in [6, 6.07) is 27.6. The van der Waals surface area contributed by atoms with Crippen LogP contribution in [0.1, 0.15) is 19.4 Å². The predicted molar refractivity (Wildman–Crippen MR) is 141 cm³/mol. The van der Waals surface area contributed by atoms with E-state index in [1.165, 1.54) is 30.0 Å². The average molecular weight is 504 g/mol. The van der Waals surface area contributed by atoms with Crippen molar-refractivity contribution in [2.75, 3.05) is 7.11 Å². The largest absolute Gasteiger partial charge is 0.489 e. The second kappa shape index (κ2) is 10.9. The Bertz CT molecular complexity index is 1440. The molecule has 0 fully saturated rings. The van der Waals surface area contributed by atoms with Crippen LogP contribution < -0.4 is 9.46 Å². The molecule has 4 aromatic rings. The van der Waals surface area contributed by atoms with E-state index in [1.807, 2.05) is 42.5 Å². The normalized spacial score (nSPS) is 12.4. The molecule has 0 unspecified atom stereocenters. The second-order valence-electron chi connectivity index (χ2n) is 8.84. The van der Waals surface area contributed by atoms with Crippen molar-refractivity contribution in [3.63, 3.8) is 0 Å². The minimum absolute atomic E-state index is 0.0795. The van der Waals surface area contributed by atoms with E-state index in [1.54, 1.807) is 26.0 Å². The fourth-order valence-corrected chi connectivity index (χ4v) is 5.30. The quantitative estimate of drug-likeness (QED) is 0.302. The number of hydrogen-bond acceptors (Lipinski definition) is 5. The summed E-state index contributed by atoms with van der Waals surface area (Å²) < 4.78 is 38.8. The van der Waals surface area contributed by atoms with Crippen molar-refractivity contribution in [3.05, 3.63) is 96.6 Å². The van der Waals surface area contributed by atoms with Crippen LogP contribution in [-0.4, -0.2) is 27.5 Å². The maximum absolute atomic E-state index is 12.8. The highest BCUT2D eigenvalue weighted by molar-refractivity contribution is 7.89. The zero-order valence-electron chi connectivity index (χ0n) is 20.5. The third-order valence-electron chi connectivity index (χ3n) is 6.03. The molecular weight excluding hydrogens is 474 g/mol. The van der Waals surface area contributed by atoms with E-state index in [0.29, 0.717) is 6.61 Å². The first-order valence-electron chi connectivity index (χ1n) is 11.7. The number of ether oxygens (including phenoxy) is 2. The molecule has 0 aliphatic carbocycles. The SMILES string of the molecule is COC(=O)[C@H](NS(=O)(=O)c1ccc(-c2ccc(OCc3cccc4ccccc34)cc2)cc1)C(C)C. The van der Waals surface area contributed by atoms with Gasteiger partial charge in [-0.15, -0.1) is 0 Å². The monoisotopic (exact) mass is 503 g/mol. The van der Waals surface area contributed by atoms with Crippen molar-refractivity contribution < 1.29 is 22.7 Å². The molecule has 0 heterocycles. The summed E-state index contributed by atoms with van der Waals surface area (Å²) in [7, 11) is -2.65. The Hall–Kier alpha value is -3.68. The fraction of sp³-hybridized carbons (Fsp3) is 0.207. The summed E-state index contributed by atoms with van der Waals surface area (Å²) in [5.74, 6) is -0.126. The van der Waals surface area contributed by atoms with Crippen LogP contribution in [0.25, 0.3) is 21.9 Å². The first-order valence-corrected chi connectivity index (χ1v) is 13.2. The summed E-state index contributed by atoms with van der Waals surface area (Å²) in [6.07, 6.45) is 0. The van der Waals surface area contributed by atoms with Gasteiger partial charge in [-0.25, -0.2) is 8.42 Å². The molecule has 4 aromatic carbocycles. The summed E-state index contributed by atoms with van der Waals surface area (Å²) in [4.78, 5) is 12.0. The molecule has 1 N–H and O–H groups in total. The predicted octanol–water partition coefficient (Wildman–Crippen LogP) is 5.56. The van der Waals surface area contributed by atoms with Crippen LogP contribution in [0.15, 0.2) is 95.9 Å². The number of rotatable bonds is 9. The van der Waals surface area contributed by atoms with Gasteiger partial charge in [-0.2, -0.15) is 4.72 Å². The number of sulfonamides is 1. The Kier molecular flexibility index (Phi) is 7.72. The molecule has 0 saturated carbocycles. The van der Waals surface area contributed by atoms with Crippen LogP contribution in [0.2, 0.25) is 0 Å². The highest BCUT2D eigenvalue weighted by atomic mass is 32.2. The molecule has 4 rings (SSSR count). The van der Waals surface area contributed by atoms with Gasteiger partial charge in [0.25, 0.3) is 0 Å². The summed E-state index contributed by atoms with van der Waals surface area (Å²) in [5.41, 5.74) is 2.91. The number of fused-ring (bicyclic) bond motifs is 1. The van der Waals surface area contributed by atoms with Crippen LogP contribution >= 0.6 is 0 Å². The molecule has 1 atom stereocenters. The number of carbonyl (C=O) groups is 1. The van der Waals surface area contributed by atoms with Crippen molar-refractivity contribution in [3.8, 4) is 16.9 Å². The Balaban J connectivity index is 1.44. The van der Waals surface area contributed by atoms with Gasteiger partial charge in [-0.1, -0.05) is 80.6 Å². The molecule has 0 bridgehead atoms. The van der Waals surface area contributed by atoms with Crippen LogP contribution in [-0.2, 0) is 26.2 Å². The van der Waals surface area contributed by atoms with Gasteiger partial charge in [0, 0.05) is 0 Å². The molecular formula is C29H29NO5S. The lowest BCUT2D eigenvalue weighted by Gasteiger charge is -2.19. The number of hydrogen-bond donors (Lipinski definition) is 1. The van der Waals surface area contributed by atoms with E-state index >= 15 is 0 Å². The number of nitrogens with one attached hydrogen (secondary N) is 1. The van der Waals surface area contributed by atoms with Gasteiger partial charge in [0.05, 0.1) is 12.0 Å². The molecule has 0 spiro atoms. The Morgan fingerprint density at radius 3 is 2.08 bits per heavy atom. The lowest BCUT2D eigenvalue weighted by atomic mass is 10.1. The lowest BCUT2D eigenvalue weighted by Crippen LogP contribution is -2.44. The van der Waals surface area contributed by atoms with E-state index in [2.05, 4.69) is 29.0 Å². The second-order valence-corrected chi connectivity index (χ2v) is 10.6. The third-order valence-corrected chi connectivity index (χ3v) is 7.49. The minimum atomic E-state index is -3.89. The standard InChI is InChI=1S/C29H29NO5S/c1-20(2)28(29(31)34-3)30-36(32,33)26-17-13-22(14-18-26)21-11-15-25(16-12-21)35-19-24-9-6-8-23-7-4-5-10-27(23)24/h4-18,20,28,30H,19H2,1-3H3/t28-/m1/s1. The molecule has 186 valence electrons. The van der Waals surface area contributed by atoms with Gasteiger partial charge in [0.1, 0.15) is 18.4 Å². The maximum atomic E-state index is 12.8. The van der Waals surface area contributed by atoms with E-state index in [4.69, 9.17) is 9.47 Å². The van der Waals surface area contributed by atoms with Gasteiger partial charge < -0.3 is 9.47 Å². The number of methoxy groups -OCH3 is 1. The van der Waals surface area contributed by atoms with Crippen LogP contribution in [0, 0.1) is 5.92 Å². The van der Waals surface area contributed by atoms with Gasteiger partial charge in [0.15, 0.2) is 0 Å². The molecule has 7 heteroatoms. The minimum Gasteiger partial charge on any atom is -0.489 e. The van der Waals surface area contributed by atoms with Crippen molar-refractivity contribution >= 4 is 26.8 Å². The molecule has 36 heavy (non-hydrogen) atoms. The topological polar surface area (TPSA) is 81.7 Å². The van der Waals surface area contributed by atoms with E-state index in [9.17, 15) is 13.2 Å². The number of esters is 1. The van der Waals surface area contributed by atoms with Crippen LogP contribution in [0.4, 0.5) is 0 Å². The highest BCUT2D eigenvalue weighted by Gasteiger charge is 2.29. The smallest absolute Gasteiger partial charge is 0.324 e. The van der Waals surface area contributed by atoms with Crippen molar-refractivity contribution in [2.45, 2.75) is 31.4 Å². The molecule has 0 amide bonds. The zero-order valence-corrected chi connectivity index (χ0v) is 21.3. The molecule has 0 aliphatic rings. The highest BCUT2D eigenvalue weighted by Crippen LogP contribution is 2.26. The van der Waals surface area contributed by atoms with Gasteiger partial charge >= 0.3 is 5.97 Å². The molecule has 0 aliphatic heterocycles. The van der Waals surface area contributed by atoms with Crippen molar-refractivity contribution in [2.24, 2.45) is 5.92 Å². The van der Waals surface area contributed by atoms with E-state index in [-0.39, 0.29) is 10.8 Å². The van der Waals surface area contributed by atoms with E-state index in [0.717, 1.165) is 22.4 Å². The first-order chi connectivity index (χ1) is 17.3. The number of carbonyl (C=O) groups excluding carboxylic acids is 1. The summed E-state index contributed by atoms with van der Waals surface area (Å²) >= 11 is 0. The van der Waals surface area contributed by atoms with Gasteiger partial charge in [-0.05, 0) is 57.6 Å². The first kappa shape index (κ1) is 25.4. The maximum Gasteiger partial charge on any atom is 0.324 e. The fourth-order valence-electron chi connectivity index (χ4n) is 3.97. The average Bonchev–Trinajstić information content (AvgIpc) is 2.90. The van der Waals surface area contributed by atoms with Crippen LogP contribution in [0.5, 0.6) is 5.75 Å². The molecule has 0 radical (unpaired) electrons.